The van der Waals surface area contributed by atoms with Crippen molar-refractivity contribution in [2.45, 2.75) is 6.18 Å². The van der Waals surface area contributed by atoms with Gasteiger partial charge >= 0.3 is 6.18 Å². The number of alkyl halides is 3. The summed E-state index contributed by atoms with van der Waals surface area (Å²) in [5, 5.41) is 17.0. The van der Waals surface area contributed by atoms with Gasteiger partial charge in [0.05, 0.1) is 23.8 Å². The van der Waals surface area contributed by atoms with Crippen LogP contribution in [0.5, 0.6) is 5.75 Å². The van der Waals surface area contributed by atoms with Gasteiger partial charge in [0, 0.05) is 0 Å². The molecule has 0 atom stereocenters. The van der Waals surface area contributed by atoms with Crippen molar-refractivity contribution in [2.24, 2.45) is 0 Å². The van der Waals surface area contributed by atoms with Crippen LogP contribution in [0.2, 0.25) is 0 Å². The largest absolute Gasteiger partial charge is 0.491 e. The van der Waals surface area contributed by atoms with Gasteiger partial charge in [0.25, 0.3) is 0 Å². The maximum absolute atomic E-state index is 12.5. The molecule has 0 saturated carbocycles. The molecule has 1 aromatic rings. The molecule has 0 radical (unpaired) electrons. The summed E-state index contributed by atoms with van der Waals surface area (Å²) in [7, 11) is 0. The van der Waals surface area contributed by atoms with Gasteiger partial charge in [-0.25, -0.2) is 0 Å². The highest BCUT2D eigenvalue weighted by Gasteiger charge is 2.34. The molecule has 6 heteroatoms. The van der Waals surface area contributed by atoms with Crippen LogP contribution < -0.4 is 4.74 Å². The van der Waals surface area contributed by atoms with Crippen LogP contribution in [0.25, 0.3) is 0 Å². The number of hydrogen-bond acceptors (Lipinski definition) is 3. The van der Waals surface area contributed by atoms with Gasteiger partial charge in [0.15, 0.2) is 0 Å². The Morgan fingerprint density at radius 1 is 1.38 bits per heavy atom. The molecule has 1 rings (SSSR count). The topological polar surface area (TPSA) is 53.2 Å². The number of halogens is 3. The summed E-state index contributed by atoms with van der Waals surface area (Å²) in [6.45, 7) is -0.384. The van der Waals surface area contributed by atoms with E-state index in [1.165, 1.54) is 12.1 Å². The monoisotopic (exact) mass is 231 g/mol. The van der Waals surface area contributed by atoms with E-state index in [1.807, 2.05) is 0 Å². The maximum Gasteiger partial charge on any atom is 0.417 e. The Balaban J connectivity index is 3.08. The summed E-state index contributed by atoms with van der Waals surface area (Å²) < 4.78 is 42.3. The second kappa shape index (κ2) is 4.86. The Morgan fingerprint density at radius 2 is 2.06 bits per heavy atom. The summed E-state index contributed by atoms with van der Waals surface area (Å²) in [5.41, 5.74) is -1.49. The third-order valence-corrected chi connectivity index (χ3v) is 1.78. The van der Waals surface area contributed by atoms with Crippen LogP contribution in [0.1, 0.15) is 11.1 Å². The number of aliphatic hydroxyl groups is 1. The summed E-state index contributed by atoms with van der Waals surface area (Å²) in [4.78, 5) is 0. The van der Waals surface area contributed by atoms with Gasteiger partial charge in [0.2, 0.25) is 0 Å². The van der Waals surface area contributed by atoms with Gasteiger partial charge in [-0.15, -0.1) is 0 Å². The van der Waals surface area contributed by atoms with Crippen molar-refractivity contribution in [3.63, 3.8) is 0 Å². The van der Waals surface area contributed by atoms with E-state index in [4.69, 9.17) is 15.1 Å². The van der Waals surface area contributed by atoms with Crippen molar-refractivity contribution < 1.29 is 23.0 Å². The molecule has 0 unspecified atom stereocenters. The molecule has 1 aromatic carbocycles. The minimum atomic E-state index is -4.59. The van der Waals surface area contributed by atoms with Crippen LogP contribution in [0.4, 0.5) is 13.2 Å². The van der Waals surface area contributed by atoms with Gasteiger partial charge in [0.1, 0.15) is 12.4 Å². The average molecular weight is 231 g/mol. The molecule has 0 heterocycles. The lowest BCUT2D eigenvalue weighted by Gasteiger charge is -2.11. The molecule has 0 aliphatic carbocycles. The zero-order valence-electron chi connectivity index (χ0n) is 8.08. The Labute approximate surface area is 89.7 Å². The van der Waals surface area contributed by atoms with Crippen LogP contribution in [0.3, 0.4) is 0 Å². The van der Waals surface area contributed by atoms with Crippen molar-refractivity contribution in [3.05, 3.63) is 29.3 Å². The quantitative estimate of drug-likeness (QED) is 0.864. The molecule has 0 aromatic heterocycles. The SMILES string of the molecule is N#Cc1ccc(OCCO)cc1C(F)(F)F. The molecule has 86 valence electrons. The van der Waals surface area contributed by atoms with E-state index in [1.54, 1.807) is 0 Å². The third-order valence-electron chi connectivity index (χ3n) is 1.78. The average Bonchev–Trinajstić information content (AvgIpc) is 2.24. The molecule has 1 N–H and O–H groups in total. The highest BCUT2D eigenvalue weighted by molar-refractivity contribution is 5.44. The molecular weight excluding hydrogens is 223 g/mol. The molecule has 0 spiro atoms. The first-order valence-corrected chi connectivity index (χ1v) is 4.34. The first kappa shape index (κ1) is 12.3. The number of nitriles is 1. The van der Waals surface area contributed by atoms with Gasteiger partial charge in [-0.05, 0) is 18.2 Å². The minimum absolute atomic E-state index is 0.0274. The van der Waals surface area contributed by atoms with Gasteiger partial charge in [-0.1, -0.05) is 0 Å². The summed E-state index contributed by atoms with van der Waals surface area (Å²) in [5.74, 6) is -0.0274. The number of aliphatic hydroxyl groups excluding tert-OH is 1. The highest BCUT2D eigenvalue weighted by atomic mass is 19.4. The second-order valence-electron chi connectivity index (χ2n) is 2.89. The number of hydrogen-bond donors (Lipinski definition) is 1. The van der Waals surface area contributed by atoms with Crippen LogP contribution in [0, 0.1) is 11.3 Å². The number of nitrogens with zero attached hydrogens (tertiary/aromatic N) is 1. The fourth-order valence-corrected chi connectivity index (χ4v) is 1.11. The lowest BCUT2D eigenvalue weighted by Crippen LogP contribution is -2.09. The predicted molar refractivity (Wildman–Crippen MR) is 48.7 cm³/mol. The molecule has 0 aliphatic heterocycles. The smallest absolute Gasteiger partial charge is 0.417 e. The first-order valence-electron chi connectivity index (χ1n) is 4.34. The van der Waals surface area contributed by atoms with Crippen LogP contribution in [-0.2, 0) is 6.18 Å². The predicted octanol–water partition coefficient (Wildman–Crippen LogP) is 1.95. The van der Waals surface area contributed by atoms with E-state index in [0.29, 0.717) is 0 Å². The molecule has 0 aliphatic rings. The fourth-order valence-electron chi connectivity index (χ4n) is 1.11. The van der Waals surface area contributed by atoms with Gasteiger partial charge in [-0.2, -0.15) is 18.4 Å². The number of rotatable bonds is 3. The van der Waals surface area contributed by atoms with E-state index in [-0.39, 0.29) is 19.0 Å². The normalized spacial score (nSPS) is 10.9. The van der Waals surface area contributed by atoms with Crippen LogP contribution >= 0.6 is 0 Å². The summed E-state index contributed by atoms with van der Waals surface area (Å²) in [6, 6.07) is 4.50. The molecule has 0 bridgehead atoms. The molecule has 0 saturated heterocycles. The van der Waals surface area contributed by atoms with Crippen LogP contribution in [0.15, 0.2) is 18.2 Å². The Kier molecular flexibility index (Phi) is 3.74. The molecule has 0 amide bonds. The summed E-state index contributed by atoms with van der Waals surface area (Å²) >= 11 is 0. The van der Waals surface area contributed by atoms with Gasteiger partial charge in [-0.3, -0.25) is 0 Å². The van der Waals surface area contributed by atoms with E-state index < -0.39 is 17.3 Å². The Hall–Kier alpha value is -1.74. The minimum Gasteiger partial charge on any atom is -0.491 e. The highest BCUT2D eigenvalue weighted by Crippen LogP contribution is 2.34. The second-order valence-corrected chi connectivity index (χ2v) is 2.89. The van der Waals surface area contributed by atoms with Crippen molar-refractivity contribution in [2.75, 3.05) is 13.2 Å². The van der Waals surface area contributed by atoms with Crippen LogP contribution in [-0.4, -0.2) is 18.3 Å². The zero-order valence-corrected chi connectivity index (χ0v) is 8.08. The van der Waals surface area contributed by atoms with E-state index in [9.17, 15) is 13.2 Å². The number of ether oxygens (including phenoxy) is 1. The summed E-state index contributed by atoms with van der Waals surface area (Å²) in [6.07, 6.45) is -4.59. The Bertz CT molecular complexity index is 410. The van der Waals surface area contributed by atoms with Crippen molar-refractivity contribution in [1.29, 1.82) is 5.26 Å². The van der Waals surface area contributed by atoms with E-state index in [2.05, 4.69) is 0 Å². The Morgan fingerprint density at radius 3 is 2.56 bits per heavy atom. The standard InChI is InChI=1S/C10H8F3NO2/c11-10(12,13)9-5-8(16-4-3-15)2-1-7(9)6-14/h1-2,5,15H,3-4H2. The molecule has 16 heavy (non-hydrogen) atoms. The fraction of sp³-hybridized carbons (Fsp3) is 0.300. The lowest BCUT2D eigenvalue weighted by atomic mass is 10.1. The van der Waals surface area contributed by atoms with Crippen molar-refractivity contribution in [1.82, 2.24) is 0 Å². The van der Waals surface area contributed by atoms with Crippen molar-refractivity contribution in [3.8, 4) is 11.8 Å². The first-order chi connectivity index (χ1) is 7.49. The zero-order chi connectivity index (χ0) is 12.2. The van der Waals surface area contributed by atoms with E-state index in [0.717, 1.165) is 12.1 Å². The van der Waals surface area contributed by atoms with Gasteiger partial charge < -0.3 is 9.84 Å². The molecule has 3 nitrogen and oxygen atoms in total. The number of benzene rings is 1. The lowest BCUT2D eigenvalue weighted by molar-refractivity contribution is -0.137. The molecular formula is C10H8F3NO2. The maximum atomic E-state index is 12.5. The van der Waals surface area contributed by atoms with E-state index >= 15 is 0 Å². The van der Waals surface area contributed by atoms with Crippen molar-refractivity contribution >= 4 is 0 Å². The molecule has 0 fully saturated rings. The third kappa shape index (κ3) is 2.87.